The van der Waals surface area contributed by atoms with E-state index in [-0.39, 0.29) is 11.3 Å². The van der Waals surface area contributed by atoms with Crippen molar-refractivity contribution < 1.29 is 14.3 Å². The fourth-order valence-electron chi connectivity index (χ4n) is 4.03. The number of carbonyl (C=O) groups is 2. The molecule has 0 radical (unpaired) electrons. The molecule has 0 aliphatic carbocycles. The van der Waals surface area contributed by atoms with E-state index in [1.165, 1.54) is 4.90 Å². The first-order valence-electron chi connectivity index (χ1n) is 10.2. The summed E-state index contributed by atoms with van der Waals surface area (Å²) in [6, 6.07) is 18.2. The molecule has 1 aliphatic rings. The van der Waals surface area contributed by atoms with Crippen molar-refractivity contribution in [2.24, 2.45) is 0 Å². The first kappa shape index (κ1) is 21.7. The van der Waals surface area contributed by atoms with E-state index in [4.69, 9.17) is 16.3 Å². The molecule has 0 fully saturated rings. The Labute approximate surface area is 192 Å². The minimum atomic E-state index is -0.430. The third kappa shape index (κ3) is 3.87. The second-order valence-electron chi connectivity index (χ2n) is 7.83. The Hall–Kier alpha value is -3.57. The lowest BCUT2D eigenvalue weighted by atomic mass is 10.0. The van der Waals surface area contributed by atoms with Crippen LogP contribution in [0.5, 0.6) is 5.75 Å². The number of benzene rings is 3. The second kappa shape index (κ2) is 8.52. The predicted octanol–water partition coefficient (Wildman–Crippen LogP) is 5.67. The van der Waals surface area contributed by atoms with E-state index in [2.05, 4.69) is 5.32 Å². The lowest BCUT2D eigenvalue weighted by Gasteiger charge is -2.18. The van der Waals surface area contributed by atoms with Crippen molar-refractivity contribution in [3.63, 3.8) is 0 Å². The summed E-state index contributed by atoms with van der Waals surface area (Å²) in [7, 11) is 1.54. The molecular weight excluding hydrogens is 424 g/mol. The van der Waals surface area contributed by atoms with E-state index in [1.807, 2.05) is 51.1 Å². The predicted molar refractivity (Wildman–Crippen MR) is 128 cm³/mol. The highest BCUT2D eigenvalue weighted by atomic mass is 35.5. The van der Waals surface area contributed by atoms with Crippen molar-refractivity contribution in [3.8, 4) is 5.75 Å². The number of ether oxygens (including phenoxy) is 1. The molecule has 1 heterocycles. The third-order valence-electron chi connectivity index (χ3n) is 5.35. The molecule has 0 spiro atoms. The van der Waals surface area contributed by atoms with E-state index in [0.717, 1.165) is 22.4 Å². The average Bonchev–Trinajstić information content (AvgIpc) is 2.97. The van der Waals surface area contributed by atoms with Gasteiger partial charge in [-0.2, -0.15) is 0 Å². The summed E-state index contributed by atoms with van der Waals surface area (Å²) in [5, 5.41) is 3.76. The maximum Gasteiger partial charge on any atom is 0.282 e. The zero-order chi connectivity index (χ0) is 23.0. The van der Waals surface area contributed by atoms with Crippen molar-refractivity contribution >= 4 is 40.4 Å². The number of nitrogens with zero attached hydrogens (tertiary/aromatic N) is 1. The molecule has 1 N–H and O–H groups in total. The standard InChI is InChI=1S/C26H23ClN2O3/c1-15-11-16(2)13-19(12-15)28-24-23(20-7-5-6-8-22(20)32-4)25(30)29(26(24)31)21-10-9-18(27)14-17(21)3/h5-14,28H,1-4H3. The molecule has 0 aromatic heterocycles. The van der Waals surface area contributed by atoms with Gasteiger partial charge in [-0.3, -0.25) is 9.59 Å². The number of methoxy groups -OCH3 is 1. The van der Waals surface area contributed by atoms with Gasteiger partial charge in [-0.1, -0.05) is 35.9 Å². The van der Waals surface area contributed by atoms with Crippen molar-refractivity contribution in [2.75, 3.05) is 17.3 Å². The van der Waals surface area contributed by atoms with Gasteiger partial charge in [0.15, 0.2) is 0 Å². The highest BCUT2D eigenvalue weighted by molar-refractivity contribution is 6.46. The number of imide groups is 1. The zero-order valence-electron chi connectivity index (χ0n) is 18.3. The van der Waals surface area contributed by atoms with Gasteiger partial charge >= 0.3 is 0 Å². The Morgan fingerprint density at radius 1 is 0.875 bits per heavy atom. The fourth-order valence-corrected chi connectivity index (χ4v) is 4.25. The number of hydrogen-bond donors (Lipinski definition) is 1. The van der Waals surface area contributed by atoms with Gasteiger partial charge in [0.1, 0.15) is 11.4 Å². The third-order valence-corrected chi connectivity index (χ3v) is 5.59. The summed E-state index contributed by atoms with van der Waals surface area (Å²) in [6.07, 6.45) is 0. The van der Waals surface area contributed by atoms with Crippen molar-refractivity contribution in [1.29, 1.82) is 0 Å². The van der Waals surface area contributed by atoms with Crippen LogP contribution in [-0.2, 0) is 9.59 Å². The van der Waals surface area contributed by atoms with Gasteiger partial charge in [-0.15, -0.1) is 0 Å². The van der Waals surface area contributed by atoms with Gasteiger partial charge in [0.25, 0.3) is 11.8 Å². The molecule has 0 saturated heterocycles. The molecule has 6 heteroatoms. The first-order chi connectivity index (χ1) is 15.3. The minimum absolute atomic E-state index is 0.207. The minimum Gasteiger partial charge on any atom is -0.496 e. The summed E-state index contributed by atoms with van der Waals surface area (Å²) in [5.41, 5.74) is 5.08. The number of halogens is 1. The lowest BCUT2D eigenvalue weighted by molar-refractivity contribution is -0.120. The number of amides is 2. The number of anilines is 2. The summed E-state index contributed by atoms with van der Waals surface area (Å²) >= 11 is 6.10. The van der Waals surface area contributed by atoms with Crippen molar-refractivity contribution in [2.45, 2.75) is 20.8 Å². The Bertz CT molecular complexity index is 1260. The maximum absolute atomic E-state index is 13.7. The van der Waals surface area contributed by atoms with Crippen LogP contribution < -0.4 is 15.0 Å². The van der Waals surface area contributed by atoms with E-state index >= 15 is 0 Å². The molecule has 0 bridgehead atoms. The molecule has 3 aromatic rings. The van der Waals surface area contributed by atoms with E-state index < -0.39 is 11.8 Å². The highest BCUT2D eigenvalue weighted by Crippen LogP contribution is 2.38. The topological polar surface area (TPSA) is 58.6 Å². The number of hydrogen-bond acceptors (Lipinski definition) is 4. The zero-order valence-corrected chi connectivity index (χ0v) is 19.1. The van der Waals surface area contributed by atoms with Crippen LogP contribution in [0, 0.1) is 20.8 Å². The monoisotopic (exact) mass is 446 g/mol. The van der Waals surface area contributed by atoms with Crippen molar-refractivity contribution in [1.82, 2.24) is 0 Å². The van der Waals surface area contributed by atoms with E-state index in [0.29, 0.717) is 22.0 Å². The lowest BCUT2D eigenvalue weighted by Crippen LogP contribution is -2.33. The molecule has 32 heavy (non-hydrogen) atoms. The summed E-state index contributed by atoms with van der Waals surface area (Å²) in [4.78, 5) is 28.5. The first-order valence-corrected chi connectivity index (χ1v) is 10.6. The second-order valence-corrected chi connectivity index (χ2v) is 8.26. The van der Waals surface area contributed by atoms with Gasteiger partial charge in [0.05, 0.1) is 18.4 Å². The Kier molecular flexibility index (Phi) is 5.76. The number of para-hydroxylation sites is 1. The van der Waals surface area contributed by atoms with Crippen LogP contribution in [0.3, 0.4) is 0 Å². The average molecular weight is 447 g/mol. The van der Waals surface area contributed by atoms with Gasteiger partial charge < -0.3 is 10.1 Å². The smallest absolute Gasteiger partial charge is 0.282 e. The Morgan fingerprint density at radius 2 is 1.56 bits per heavy atom. The Balaban J connectivity index is 1.89. The molecule has 4 rings (SSSR count). The molecule has 3 aromatic carbocycles. The van der Waals surface area contributed by atoms with Crippen LogP contribution in [0.25, 0.3) is 5.57 Å². The number of carbonyl (C=O) groups excluding carboxylic acids is 2. The molecule has 1 aliphatic heterocycles. The highest BCUT2D eigenvalue weighted by Gasteiger charge is 2.41. The fraction of sp³-hybridized carbons (Fsp3) is 0.154. The van der Waals surface area contributed by atoms with E-state index in [9.17, 15) is 9.59 Å². The van der Waals surface area contributed by atoms with Gasteiger partial charge in [0.2, 0.25) is 0 Å². The quantitative estimate of drug-likeness (QED) is 0.513. The van der Waals surface area contributed by atoms with Crippen LogP contribution in [0.4, 0.5) is 11.4 Å². The van der Waals surface area contributed by atoms with Gasteiger partial charge in [-0.25, -0.2) is 4.90 Å². The summed E-state index contributed by atoms with van der Waals surface area (Å²) < 4.78 is 5.50. The summed E-state index contributed by atoms with van der Waals surface area (Å²) in [5.74, 6) is -0.338. The molecule has 0 atom stereocenters. The molecule has 2 amide bonds. The number of nitrogens with one attached hydrogen (secondary N) is 1. The van der Waals surface area contributed by atoms with Gasteiger partial charge in [0, 0.05) is 16.3 Å². The molecule has 162 valence electrons. The number of aryl methyl sites for hydroxylation is 3. The van der Waals surface area contributed by atoms with Crippen molar-refractivity contribution in [3.05, 3.63) is 93.6 Å². The normalized spacial score (nSPS) is 13.7. The molecular formula is C26H23ClN2O3. The van der Waals surface area contributed by atoms with Crippen LogP contribution in [0.2, 0.25) is 5.02 Å². The number of rotatable bonds is 5. The van der Waals surface area contributed by atoms with Crippen LogP contribution in [0.1, 0.15) is 22.3 Å². The van der Waals surface area contributed by atoms with Crippen LogP contribution in [0.15, 0.2) is 66.4 Å². The molecule has 0 saturated carbocycles. The van der Waals surface area contributed by atoms with Crippen LogP contribution >= 0.6 is 11.6 Å². The maximum atomic E-state index is 13.7. The SMILES string of the molecule is COc1ccccc1C1=C(Nc2cc(C)cc(C)c2)C(=O)N(c2ccc(Cl)cc2C)C1=O. The van der Waals surface area contributed by atoms with E-state index in [1.54, 1.807) is 37.4 Å². The summed E-state index contributed by atoms with van der Waals surface area (Å²) in [6.45, 7) is 5.79. The Morgan fingerprint density at radius 3 is 2.22 bits per heavy atom. The van der Waals surface area contributed by atoms with Crippen LogP contribution in [-0.4, -0.2) is 18.9 Å². The molecule has 5 nitrogen and oxygen atoms in total. The van der Waals surface area contributed by atoms with Gasteiger partial charge in [-0.05, 0) is 73.9 Å². The largest absolute Gasteiger partial charge is 0.496 e. The molecule has 0 unspecified atom stereocenters.